The fourth-order valence-corrected chi connectivity index (χ4v) is 3.41. The zero-order valence-electron chi connectivity index (χ0n) is 14.4. The van der Waals surface area contributed by atoms with Crippen LogP contribution in [-0.4, -0.2) is 34.2 Å². The molecule has 1 aromatic carbocycles. The van der Waals surface area contributed by atoms with E-state index in [1.165, 1.54) is 6.92 Å². The molecule has 1 saturated heterocycles. The monoisotopic (exact) mass is 339 g/mol. The third-order valence-electron chi connectivity index (χ3n) is 4.75. The summed E-state index contributed by atoms with van der Waals surface area (Å²) in [6.45, 7) is 5.76. The lowest BCUT2D eigenvalue weighted by Crippen LogP contribution is -2.21. The predicted octanol–water partition coefficient (Wildman–Crippen LogP) is 2.49. The first kappa shape index (κ1) is 15.7. The molecule has 2 N–H and O–H groups in total. The summed E-state index contributed by atoms with van der Waals surface area (Å²) in [4.78, 5) is 18.0. The highest BCUT2D eigenvalue weighted by atomic mass is 16.4. The number of H-pyrrole nitrogens is 1. The summed E-state index contributed by atoms with van der Waals surface area (Å²) < 4.78 is 5.99. The van der Waals surface area contributed by atoms with E-state index in [0.717, 1.165) is 47.4 Å². The molecule has 1 aliphatic heterocycles. The second-order valence-corrected chi connectivity index (χ2v) is 6.57. The number of amides is 1. The molecule has 1 amide bonds. The number of nitrogens with zero attached hydrogens (tertiary/aromatic N) is 3. The molecule has 0 bridgehead atoms. The van der Waals surface area contributed by atoms with Crippen LogP contribution in [0.25, 0.3) is 11.1 Å². The van der Waals surface area contributed by atoms with E-state index in [2.05, 4.69) is 25.4 Å². The Morgan fingerprint density at radius 1 is 1.48 bits per heavy atom. The summed E-state index contributed by atoms with van der Waals surface area (Å²) in [6.07, 6.45) is 2.78. The second kappa shape index (κ2) is 6.23. The first-order valence-electron chi connectivity index (χ1n) is 8.49. The number of aromatic amines is 1. The molecule has 3 aromatic rings. The standard InChI is InChI=1S/C18H21N5O2/c1-11-4-3-5-15-17(11)25-18(21-15)23-7-6-13(10-23)16-14(9-20-22-16)8-19-12(2)24/h3-5,9,13H,6-8,10H2,1-2H3,(H,19,24)(H,20,22). The van der Waals surface area contributed by atoms with Crippen LogP contribution in [0.5, 0.6) is 0 Å². The van der Waals surface area contributed by atoms with Gasteiger partial charge in [-0.2, -0.15) is 10.1 Å². The van der Waals surface area contributed by atoms with E-state index >= 15 is 0 Å². The molecule has 7 nitrogen and oxygen atoms in total. The summed E-state index contributed by atoms with van der Waals surface area (Å²) in [7, 11) is 0. The molecule has 1 atom stereocenters. The third-order valence-corrected chi connectivity index (χ3v) is 4.75. The number of rotatable bonds is 4. The van der Waals surface area contributed by atoms with Crippen LogP contribution in [0, 0.1) is 6.92 Å². The maximum atomic E-state index is 11.2. The van der Waals surface area contributed by atoms with Crippen LogP contribution < -0.4 is 10.2 Å². The topological polar surface area (TPSA) is 87.0 Å². The van der Waals surface area contributed by atoms with Crippen LogP contribution >= 0.6 is 0 Å². The van der Waals surface area contributed by atoms with Gasteiger partial charge in [0.05, 0.1) is 6.20 Å². The van der Waals surface area contributed by atoms with Gasteiger partial charge in [-0.05, 0) is 25.0 Å². The normalized spacial score (nSPS) is 17.4. The Morgan fingerprint density at radius 2 is 2.36 bits per heavy atom. The quantitative estimate of drug-likeness (QED) is 0.762. The van der Waals surface area contributed by atoms with Crippen molar-refractivity contribution in [1.82, 2.24) is 20.5 Å². The minimum absolute atomic E-state index is 0.0398. The van der Waals surface area contributed by atoms with Gasteiger partial charge in [0.25, 0.3) is 6.01 Å². The van der Waals surface area contributed by atoms with E-state index in [4.69, 9.17) is 4.42 Å². The fourth-order valence-electron chi connectivity index (χ4n) is 3.41. The zero-order valence-corrected chi connectivity index (χ0v) is 14.4. The summed E-state index contributed by atoms with van der Waals surface area (Å²) in [5.41, 5.74) is 4.97. The van der Waals surface area contributed by atoms with E-state index in [1.807, 2.05) is 25.1 Å². The average molecular weight is 339 g/mol. The molecule has 4 rings (SSSR count). The molecule has 7 heteroatoms. The van der Waals surface area contributed by atoms with Crippen molar-refractivity contribution in [3.8, 4) is 0 Å². The third kappa shape index (κ3) is 2.97. The van der Waals surface area contributed by atoms with Crippen molar-refractivity contribution < 1.29 is 9.21 Å². The minimum Gasteiger partial charge on any atom is -0.423 e. The number of carbonyl (C=O) groups is 1. The molecule has 1 fully saturated rings. The largest absolute Gasteiger partial charge is 0.423 e. The van der Waals surface area contributed by atoms with E-state index in [-0.39, 0.29) is 5.91 Å². The highest BCUT2D eigenvalue weighted by molar-refractivity contribution is 5.77. The van der Waals surface area contributed by atoms with Crippen molar-refractivity contribution >= 4 is 23.0 Å². The Bertz CT molecular complexity index is 913. The molecule has 3 heterocycles. The Hall–Kier alpha value is -2.83. The van der Waals surface area contributed by atoms with Crippen molar-refractivity contribution in [3.05, 3.63) is 41.2 Å². The van der Waals surface area contributed by atoms with Gasteiger partial charge >= 0.3 is 0 Å². The number of fused-ring (bicyclic) bond motifs is 1. The number of hydrogen-bond donors (Lipinski definition) is 2. The van der Waals surface area contributed by atoms with Gasteiger partial charge in [-0.25, -0.2) is 0 Å². The number of nitrogens with one attached hydrogen (secondary N) is 2. The number of carbonyl (C=O) groups excluding carboxylic acids is 1. The molecule has 0 spiro atoms. The summed E-state index contributed by atoms with van der Waals surface area (Å²) in [6, 6.07) is 6.68. The first-order chi connectivity index (χ1) is 12.1. The van der Waals surface area contributed by atoms with E-state index in [9.17, 15) is 4.79 Å². The van der Waals surface area contributed by atoms with Crippen LogP contribution in [0.3, 0.4) is 0 Å². The molecule has 130 valence electrons. The Labute approximate surface area is 145 Å². The Morgan fingerprint density at radius 3 is 3.16 bits per heavy atom. The van der Waals surface area contributed by atoms with Gasteiger partial charge in [0, 0.05) is 43.7 Å². The number of aryl methyl sites for hydroxylation is 1. The van der Waals surface area contributed by atoms with Gasteiger partial charge in [-0.15, -0.1) is 0 Å². The van der Waals surface area contributed by atoms with E-state index in [0.29, 0.717) is 18.5 Å². The molecular weight excluding hydrogens is 318 g/mol. The van der Waals surface area contributed by atoms with Gasteiger partial charge in [0.15, 0.2) is 5.58 Å². The number of aromatic nitrogens is 3. The highest BCUT2D eigenvalue weighted by Gasteiger charge is 2.29. The first-order valence-corrected chi connectivity index (χ1v) is 8.49. The molecule has 0 saturated carbocycles. The average Bonchev–Trinajstić information content (AvgIpc) is 3.30. The minimum atomic E-state index is -0.0398. The van der Waals surface area contributed by atoms with Crippen LogP contribution in [0.2, 0.25) is 0 Å². The van der Waals surface area contributed by atoms with Crippen molar-refractivity contribution in [1.29, 1.82) is 0 Å². The van der Waals surface area contributed by atoms with Crippen molar-refractivity contribution in [3.63, 3.8) is 0 Å². The number of para-hydroxylation sites is 1. The number of hydrogen-bond acceptors (Lipinski definition) is 5. The molecule has 25 heavy (non-hydrogen) atoms. The number of anilines is 1. The lowest BCUT2D eigenvalue weighted by Gasteiger charge is -2.14. The Balaban J connectivity index is 1.52. The lowest BCUT2D eigenvalue weighted by atomic mass is 10.0. The smallest absolute Gasteiger partial charge is 0.298 e. The van der Waals surface area contributed by atoms with Gasteiger partial charge in [-0.3, -0.25) is 9.89 Å². The van der Waals surface area contributed by atoms with Crippen LogP contribution in [0.1, 0.15) is 36.1 Å². The summed E-state index contributed by atoms with van der Waals surface area (Å²) in [5.74, 6) is 0.282. The zero-order chi connectivity index (χ0) is 17.4. The second-order valence-electron chi connectivity index (χ2n) is 6.57. The van der Waals surface area contributed by atoms with Crippen molar-refractivity contribution in [2.45, 2.75) is 32.7 Å². The van der Waals surface area contributed by atoms with Crippen LogP contribution in [-0.2, 0) is 11.3 Å². The molecule has 0 radical (unpaired) electrons. The van der Waals surface area contributed by atoms with Gasteiger partial charge in [-0.1, -0.05) is 12.1 Å². The Kier molecular flexibility index (Phi) is 3.91. The molecule has 1 aliphatic rings. The van der Waals surface area contributed by atoms with E-state index in [1.54, 1.807) is 6.20 Å². The molecule has 0 aliphatic carbocycles. The summed E-state index contributed by atoms with van der Waals surface area (Å²) >= 11 is 0. The maximum Gasteiger partial charge on any atom is 0.298 e. The lowest BCUT2D eigenvalue weighted by molar-refractivity contribution is -0.119. The van der Waals surface area contributed by atoms with Crippen molar-refractivity contribution in [2.75, 3.05) is 18.0 Å². The number of oxazole rings is 1. The van der Waals surface area contributed by atoms with Crippen molar-refractivity contribution in [2.24, 2.45) is 0 Å². The maximum absolute atomic E-state index is 11.2. The van der Waals surface area contributed by atoms with Gasteiger partial charge < -0.3 is 14.6 Å². The predicted molar refractivity (Wildman–Crippen MR) is 94.4 cm³/mol. The highest BCUT2D eigenvalue weighted by Crippen LogP contribution is 2.33. The van der Waals surface area contributed by atoms with Gasteiger partial charge in [0.1, 0.15) is 5.52 Å². The molecule has 2 aromatic heterocycles. The fraction of sp³-hybridized carbons (Fsp3) is 0.389. The van der Waals surface area contributed by atoms with Crippen LogP contribution in [0.15, 0.2) is 28.8 Å². The van der Waals surface area contributed by atoms with E-state index < -0.39 is 0 Å². The number of benzene rings is 1. The van der Waals surface area contributed by atoms with Gasteiger partial charge in [0.2, 0.25) is 5.91 Å². The summed E-state index contributed by atoms with van der Waals surface area (Å²) in [5, 5.41) is 10.1. The SMILES string of the molecule is CC(=O)NCc1cn[nH]c1C1CCN(c2nc3cccc(C)c3o2)C1. The molecular formula is C18H21N5O2. The molecule has 1 unspecified atom stereocenters. The van der Waals surface area contributed by atoms with Crippen LogP contribution in [0.4, 0.5) is 6.01 Å².